The summed E-state index contributed by atoms with van der Waals surface area (Å²) in [4.78, 5) is 11.3. The standard InChI is InChI=1S/C15H17BrO3/c1-15(2)10(4-7-14(17)18-3)9-19-13-6-5-11(16)8-12(13)15/h5-6,8-9H,4,7H2,1-3H3. The molecule has 1 aromatic carbocycles. The van der Waals surface area contributed by atoms with Gasteiger partial charge in [0.2, 0.25) is 0 Å². The van der Waals surface area contributed by atoms with Gasteiger partial charge in [-0.25, -0.2) is 0 Å². The lowest BCUT2D eigenvalue weighted by atomic mass is 9.75. The van der Waals surface area contributed by atoms with Crippen LogP contribution in [0.15, 0.2) is 34.5 Å². The van der Waals surface area contributed by atoms with Crippen molar-refractivity contribution in [3.63, 3.8) is 0 Å². The summed E-state index contributed by atoms with van der Waals surface area (Å²) in [7, 11) is 1.41. The highest BCUT2D eigenvalue weighted by molar-refractivity contribution is 9.10. The van der Waals surface area contributed by atoms with Gasteiger partial charge >= 0.3 is 5.97 Å². The molecule has 0 amide bonds. The van der Waals surface area contributed by atoms with Crippen molar-refractivity contribution in [1.82, 2.24) is 0 Å². The maximum atomic E-state index is 11.3. The fraction of sp³-hybridized carbons (Fsp3) is 0.400. The molecule has 0 spiro atoms. The van der Waals surface area contributed by atoms with E-state index in [-0.39, 0.29) is 11.4 Å². The van der Waals surface area contributed by atoms with Crippen molar-refractivity contribution in [2.24, 2.45) is 0 Å². The van der Waals surface area contributed by atoms with E-state index in [0.717, 1.165) is 21.4 Å². The molecule has 0 aromatic heterocycles. The highest BCUT2D eigenvalue weighted by atomic mass is 79.9. The van der Waals surface area contributed by atoms with Crippen LogP contribution in [0.4, 0.5) is 0 Å². The van der Waals surface area contributed by atoms with Crippen molar-refractivity contribution in [2.75, 3.05) is 7.11 Å². The fourth-order valence-electron chi connectivity index (χ4n) is 2.26. The van der Waals surface area contributed by atoms with Crippen molar-refractivity contribution in [3.05, 3.63) is 40.1 Å². The van der Waals surface area contributed by atoms with Crippen molar-refractivity contribution < 1.29 is 14.3 Å². The first-order valence-electron chi connectivity index (χ1n) is 6.18. The van der Waals surface area contributed by atoms with Gasteiger partial charge in [-0.3, -0.25) is 4.79 Å². The molecule has 1 heterocycles. The molecule has 1 aliphatic rings. The minimum atomic E-state index is -0.197. The van der Waals surface area contributed by atoms with Crippen LogP contribution in [0, 0.1) is 0 Å². The summed E-state index contributed by atoms with van der Waals surface area (Å²) in [5.74, 6) is 0.673. The van der Waals surface area contributed by atoms with Crippen molar-refractivity contribution in [3.8, 4) is 5.75 Å². The number of carbonyl (C=O) groups excluding carboxylic acids is 1. The lowest BCUT2D eigenvalue weighted by Crippen LogP contribution is -2.25. The van der Waals surface area contributed by atoms with E-state index in [4.69, 9.17) is 4.74 Å². The van der Waals surface area contributed by atoms with Crippen LogP contribution in [0.3, 0.4) is 0 Å². The summed E-state index contributed by atoms with van der Waals surface area (Å²) in [5, 5.41) is 0. The molecule has 0 aliphatic carbocycles. The molecular weight excluding hydrogens is 308 g/mol. The summed E-state index contributed by atoms with van der Waals surface area (Å²) >= 11 is 3.49. The van der Waals surface area contributed by atoms with Crippen LogP contribution in [-0.2, 0) is 14.9 Å². The Kier molecular flexibility index (Phi) is 3.99. The third kappa shape index (κ3) is 2.84. The van der Waals surface area contributed by atoms with Crippen molar-refractivity contribution in [1.29, 1.82) is 0 Å². The largest absolute Gasteiger partial charge is 0.469 e. The highest BCUT2D eigenvalue weighted by Crippen LogP contribution is 2.43. The normalized spacial score (nSPS) is 16.1. The van der Waals surface area contributed by atoms with Gasteiger partial charge < -0.3 is 9.47 Å². The molecule has 3 nitrogen and oxygen atoms in total. The number of hydrogen-bond donors (Lipinski definition) is 0. The van der Waals surface area contributed by atoms with Gasteiger partial charge in [-0.15, -0.1) is 0 Å². The average Bonchev–Trinajstić information content (AvgIpc) is 2.38. The Morgan fingerprint density at radius 1 is 1.42 bits per heavy atom. The lowest BCUT2D eigenvalue weighted by Gasteiger charge is -2.33. The van der Waals surface area contributed by atoms with Gasteiger partial charge in [0.1, 0.15) is 5.75 Å². The second-order valence-corrected chi connectivity index (χ2v) is 6.02. The maximum absolute atomic E-state index is 11.3. The molecule has 1 aliphatic heterocycles. The smallest absolute Gasteiger partial charge is 0.305 e. The van der Waals surface area contributed by atoms with E-state index in [0.29, 0.717) is 12.8 Å². The molecule has 0 unspecified atom stereocenters. The summed E-state index contributed by atoms with van der Waals surface area (Å²) < 4.78 is 11.4. The molecule has 0 radical (unpaired) electrons. The molecule has 0 saturated heterocycles. The molecule has 0 saturated carbocycles. The predicted molar refractivity (Wildman–Crippen MR) is 77.1 cm³/mol. The van der Waals surface area contributed by atoms with E-state index in [1.807, 2.05) is 12.1 Å². The number of ether oxygens (including phenoxy) is 2. The van der Waals surface area contributed by atoms with Crippen LogP contribution in [-0.4, -0.2) is 13.1 Å². The molecule has 0 fully saturated rings. The SMILES string of the molecule is COC(=O)CCC1=COc2ccc(Br)cc2C1(C)C. The fourth-order valence-corrected chi connectivity index (χ4v) is 2.62. The first-order valence-corrected chi connectivity index (χ1v) is 6.97. The Bertz CT molecular complexity index is 532. The topological polar surface area (TPSA) is 35.5 Å². The molecule has 102 valence electrons. The third-order valence-electron chi connectivity index (χ3n) is 3.57. The van der Waals surface area contributed by atoms with Crippen LogP contribution in [0.5, 0.6) is 5.75 Å². The molecule has 0 atom stereocenters. The minimum Gasteiger partial charge on any atom is -0.469 e. The number of carbonyl (C=O) groups is 1. The number of allylic oxidation sites excluding steroid dienone is 1. The Labute approximate surface area is 121 Å². The predicted octanol–water partition coefficient (Wildman–Crippen LogP) is 3.96. The van der Waals surface area contributed by atoms with Crippen molar-refractivity contribution >= 4 is 21.9 Å². The average molecular weight is 325 g/mol. The summed E-state index contributed by atoms with van der Waals surface area (Å²) in [5.41, 5.74) is 2.08. The van der Waals surface area contributed by atoms with E-state index in [1.54, 1.807) is 6.26 Å². The van der Waals surface area contributed by atoms with Gasteiger partial charge in [0.15, 0.2) is 0 Å². The molecular formula is C15H17BrO3. The van der Waals surface area contributed by atoms with Crippen LogP contribution in [0.25, 0.3) is 0 Å². The highest BCUT2D eigenvalue weighted by Gasteiger charge is 2.32. The number of hydrogen-bond acceptors (Lipinski definition) is 3. The summed E-state index contributed by atoms with van der Waals surface area (Å²) in [6.45, 7) is 4.29. The minimum absolute atomic E-state index is 0.147. The number of rotatable bonds is 3. The molecule has 4 heteroatoms. The van der Waals surface area contributed by atoms with Gasteiger partial charge in [0.25, 0.3) is 0 Å². The van der Waals surface area contributed by atoms with E-state index < -0.39 is 0 Å². The number of benzene rings is 1. The van der Waals surface area contributed by atoms with Gasteiger partial charge in [0, 0.05) is 21.9 Å². The number of fused-ring (bicyclic) bond motifs is 1. The number of methoxy groups -OCH3 is 1. The first-order chi connectivity index (χ1) is 8.95. The summed E-state index contributed by atoms with van der Waals surface area (Å²) in [6.07, 6.45) is 2.78. The Balaban J connectivity index is 2.25. The van der Waals surface area contributed by atoms with E-state index in [2.05, 4.69) is 40.6 Å². The van der Waals surface area contributed by atoms with Crippen molar-refractivity contribution in [2.45, 2.75) is 32.1 Å². The van der Waals surface area contributed by atoms with Crippen LogP contribution in [0.1, 0.15) is 32.3 Å². The molecule has 2 rings (SSSR count). The van der Waals surface area contributed by atoms with E-state index >= 15 is 0 Å². The Hall–Kier alpha value is -1.29. The monoisotopic (exact) mass is 324 g/mol. The van der Waals surface area contributed by atoms with Crippen LogP contribution >= 0.6 is 15.9 Å². The van der Waals surface area contributed by atoms with Crippen LogP contribution in [0.2, 0.25) is 0 Å². The zero-order valence-corrected chi connectivity index (χ0v) is 12.9. The molecule has 19 heavy (non-hydrogen) atoms. The second-order valence-electron chi connectivity index (χ2n) is 5.10. The lowest BCUT2D eigenvalue weighted by molar-refractivity contribution is -0.140. The zero-order chi connectivity index (χ0) is 14.0. The Morgan fingerprint density at radius 2 is 2.16 bits per heavy atom. The first kappa shape index (κ1) is 14.1. The van der Waals surface area contributed by atoms with Gasteiger partial charge in [-0.1, -0.05) is 29.8 Å². The van der Waals surface area contributed by atoms with E-state index in [9.17, 15) is 4.79 Å². The molecule has 0 bridgehead atoms. The third-order valence-corrected chi connectivity index (χ3v) is 4.07. The van der Waals surface area contributed by atoms with E-state index in [1.165, 1.54) is 7.11 Å². The van der Waals surface area contributed by atoms with Gasteiger partial charge in [0.05, 0.1) is 13.4 Å². The second kappa shape index (κ2) is 5.37. The zero-order valence-electron chi connectivity index (χ0n) is 11.3. The van der Waals surface area contributed by atoms with Gasteiger partial charge in [-0.2, -0.15) is 0 Å². The molecule has 1 aromatic rings. The molecule has 0 N–H and O–H groups in total. The summed E-state index contributed by atoms with van der Waals surface area (Å²) in [6, 6.07) is 5.98. The maximum Gasteiger partial charge on any atom is 0.305 e. The van der Waals surface area contributed by atoms with Gasteiger partial charge in [-0.05, 0) is 30.2 Å². The Morgan fingerprint density at radius 3 is 2.84 bits per heavy atom. The number of halogens is 1. The number of esters is 1. The van der Waals surface area contributed by atoms with Crippen LogP contribution < -0.4 is 4.74 Å². The quantitative estimate of drug-likeness (QED) is 0.789.